The number of ether oxygens (including phenoxy) is 1. The van der Waals surface area contributed by atoms with Crippen molar-refractivity contribution in [2.24, 2.45) is 5.92 Å². The van der Waals surface area contributed by atoms with Gasteiger partial charge in [0, 0.05) is 0 Å². The summed E-state index contributed by atoms with van der Waals surface area (Å²) < 4.78 is 5.80. The fraction of sp³-hybridized carbons (Fsp3) is 0.625. The Kier molecular flexibility index (Phi) is 6.20. The van der Waals surface area contributed by atoms with Gasteiger partial charge in [-0.05, 0) is 49.8 Å². The van der Waals surface area contributed by atoms with Crippen molar-refractivity contribution in [1.82, 2.24) is 0 Å². The highest BCUT2D eigenvalue weighted by Gasteiger charge is 2.09. The van der Waals surface area contributed by atoms with Gasteiger partial charge in [-0.25, -0.2) is 0 Å². The lowest BCUT2D eigenvalue weighted by Crippen LogP contribution is -2.15. The minimum Gasteiger partial charge on any atom is -0.491 e. The largest absolute Gasteiger partial charge is 0.491 e. The highest BCUT2D eigenvalue weighted by atomic mass is 16.5. The molecule has 0 saturated carbocycles. The minimum atomic E-state index is -0.218. The summed E-state index contributed by atoms with van der Waals surface area (Å²) in [6, 6.07) is 8.19. The molecule has 1 rings (SSSR count). The number of hydrogen-bond donors (Lipinski definition) is 1. The van der Waals surface area contributed by atoms with Crippen molar-refractivity contribution >= 4 is 0 Å². The van der Waals surface area contributed by atoms with Crippen LogP contribution in [0.3, 0.4) is 0 Å². The molecule has 0 saturated heterocycles. The van der Waals surface area contributed by atoms with Crippen molar-refractivity contribution in [2.75, 3.05) is 0 Å². The molecular formula is C16H26O2. The van der Waals surface area contributed by atoms with Crippen LogP contribution in [0.2, 0.25) is 0 Å². The predicted octanol–water partition coefficient (Wildman–Crippen LogP) is 3.81. The van der Waals surface area contributed by atoms with Crippen LogP contribution >= 0.6 is 0 Å². The molecule has 2 nitrogen and oxygen atoms in total. The Morgan fingerprint density at radius 3 is 2.56 bits per heavy atom. The lowest BCUT2D eigenvalue weighted by atomic mass is 9.99. The van der Waals surface area contributed by atoms with Crippen LogP contribution in [0, 0.1) is 5.92 Å². The van der Waals surface area contributed by atoms with E-state index in [1.54, 1.807) is 0 Å². The van der Waals surface area contributed by atoms with Crippen molar-refractivity contribution in [3.8, 4) is 5.75 Å². The molecule has 0 spiro atoms. The van der Waals surface area contributed by atoms with E-state index in [0.29, 0.717) is 5.92 Å². The molecule has 0 aliphatic rings. The summed E-state index contributed by atoms with van der Waals surface area (Å²) in [4.78, 5) is 0. The maximum atomic E-state index is 9.81. The molecular weight excluding hydrogens is 224 g/mol. The van der Waals surface area contributed by atoms with Crippen LogP contribution in [0.5, 0.6) is 5.75 Å². The second-order valence-electron chi connectivity index (χ2n) is 5.33. The first-order valence-corrected chi connectivity index (χ1v) is 6.96. The van der Waals surface area contributed by atoms with E-state index in [1.165, 1.54) is 5.56 Å². The second kappa shape index (κ2) is 7.42. The van der Waals surface area contributed by atoms with Crippen LogP contribution in [-0.2, 0) is 6.42 Å². The maximum Gasteiger partial charge on any atom is 0.119 e. The minimum absolute atomic E-state index is 0.218. The van der Waals surface area contributed by atoms with E-state index in [4.69, 9.17) is 4.74 Å². The molecule has 0 heterocycles. The molecule has 0 aliphatic heterocycles. The van der Waals surface area contributed by atoms with Gasteiger partial charge in [0.15, 0.2) is 0 Å². The van der Waals surface area contributed by atoms with Crippen LogP contribution in [-0.4, -0.2) is 17.3 Å². The van der Waals surface area contributed by atoms with E-state index in [0.717, 1.165) is 25.0 Å². The van der Waals surface area contributed by atoms with E-state index < -0.39 is 0 Å². The van der Waals surface area contributed by atoms with Gasteiger partial charge in [0.05, 0.1) is 12.2 Å². The summed E-state index contributed by atoms with van der Waals surface area (Å²) in [5, 5.41) is 9.81. The Bertz CT molecular complexity index is 347. The molecule has 102 valence electrons. The van der Waals surface area contributed by atoms with Crippen LogP contribution in [0.1, 0.15) is 46.1 Å². The number of benzene rings is 1. The molecule has 1 aromatic carbocycles. The molecule has 0 aliphatic carbocycles. The third-order valence-corrected chi connectivity index (χ3v) is 3.31. The smallest absolute Gasteiger partial charge is 0.119 e. The summed E-state index contributed by atoms with van der Waals surface area (Å²) >= 11 is 0. The SMILES string of the molecule is CC[C@H](C)Oc1cccc(CCC(O)C(C)C)c1. The van der Waals surface area contributed by atoms with Crippen molar-refractivity contribution < 1.29 is 9.84 Å². The first kappa shape index (κ1) is 15.0. The maximum absolute atomic E-state index is 9.81. The quantitative estimate of drug-likeness (QED) is 0.797. The van der Waals surface area contributed by atoms with Crippen LogP contribution < -0.4 is 4.74 Å². The highest BCUT2D eigenvalue weighted by molar-refractivity contribution is 5.28. The second-order valence-corrected chi connectivity index (χ2v) is 5.33. The zero-order valence-electron chi connectivity index (χ0n) is 12.0. The number of rotatable bonds is 7. The average molecular weight is 250 g/mol. The molecule has 2 heteroatoms. The van der Waals surface area contributed by atoms with Crippen LogP contribution in [0.15, 0.2) is 24.3 Å². The fourth-order valence-electron chi connectivity index (χ4n) is 1.74. The number of aliphatic hydroxyl groups is 1. The lowest BCUT2D eigenvalue weighted by molar-refractivity contribution is 0.116. The van der Waals surface area contributed by atoms with Crippen LogP contribution in [0.4, 0.5) is 0 Å². The molecule has 0 radical (unpaired) electrons. The molecule has 2 atom stereocenters. The monoisotopic (exact) mass is 250 g/mol. The molecule has 1 unspecified atom stereocenters. The lowest BCUT2D eigenvalue weighted by Gasteiger charge is -2.15. The normalized spacial score (nSPS) is 14.6. The summed E-state index contributed by atoms with van der Waals surface area (Å²) in [5.41, 5.74) is 1.23. The Balaban J connectivity index is 2.54. The Labute approximate surface area is 111 Å². The van der Waals surface area contributed by atoms with Gasteiger partial charge in [-0.15, -0.1) is 0 Å². The molecule has 1 N–H and O–H groups in total. The van der Waals surface area contributed by atoms with Gasteiger partial charge >= 0.3 is 0 Å². The van der Waals surface area contributed by atoms with Gasteiger partial charge in [-0.3, -0.25) is 0 Å². The molecule has 0 amide bonds. The molecule has 1 aromatic rings. The topological polar surface area (TPSA) is 29.5 Å². The first-order chi connectivity index (χ1) is 8.52. The van der Waals surface area contributed by atoms with E-state index in [1.807, 2.05) is 26.0 Å². The van der Waals surface area contributed by atoms with Crippen molar-refractivity contribution in [3.63, 3.8) is 0 Å². The van der Waals surface area contributed by atoms with Gasteiger partial charge in [0.25, 0.3) is 0 Å². The first-order valence-electron chi connectivity index (χ1n) is 6.96. The summed E-state index contributed by atoms with van der Waals surface area (Å²) in [6.07, 6.45) is 2.75. The number of aliphatic hydroxyl groups excluding tert-OH is 1. The van der Waals surface area contributed by atoms with E-state index in [2.05, 4.69) is 26.0 Å². The average Bonchev–Trinajstić information content (AvgIpc) is 2.36. The predicted molar refractivity (Wildman–Crippen MR) is 76.0 cm³/mol. The van der Waals surface area contributed by atoms with Gasteiger partial charge < -0.3 is 9.84 Å². The van der Waals surface area contributed by atoms with Crippen molar-refractivity contribution in [1.29, 1.82) is 0 Å². The Morgan fingerprint density at radius 2 is 1.94 bits per heavy atom. The third kappa shape index (κ3) is 5.09. The zero-order chi connectivity index (χ0) is 13.5. The van der Waals surface area contributed by atoms with E-state index in [-0.39, 0.29) is 12.2 Å². The van der Waals surface area contributed by atoms with Crippen molar-refractivity contribution in [2.45, 2.75) is 59.2 Å². The standard InChI is InChI=1S/C16H26O2/c1-5-13(4)18-15-8-6-7-14(11-15)9-10-16(17)12(2)3/h6-8,11-13,16-17H,5,9-10H2,1-4H3/t13-,16?/m0/s1. The van der Waals surface area contributed by atoms with E-state index >= 15 is 0 Å². The molecule has 0 bridgehead atoms. The van der Waals surface area contributed by atoms with Crippen molar-refractivity contribution in [3.05, 3.63) is 29.8 Å². The number of hydrogen-bond acceptors (Lipinski definition) is 2. The molecule has 0 aromatic heterocycles. The molecule has 18 heavy (non-hydrogen) atoms. The summed E-state index contributed by atoms with van der Waals surface area (Å²) in [5.74, 6) is 1.26. The van der Waals surface area contributed by atoms with Crippen LogP contribution in [0.25, 0.3) is 0 Å². The Morgan fingerprint density at radius 1 is 1.22 bits per heavy atom. The summed E-state index contributed by atoms with van der Waals surface area (Å²) in [7, 11) is 0. The molecule has 0 fully saturated rings. The van der Waals surface area contributed by atoms with E-state index in [9.17, 15) is 5.11 Å². The van der Waals surface area contributed by atoms with Gasteiger partial charge in [0.1, 0.15) is 5.75 Å². The van der Waals surface area contributed by atoms with Gasteiger partial charge in [0.2, 0.25) is 0 Å². The third-order valence-electron chi connectivity index (χ3n) is 3.31. The number of aryl methyl sites for hydroxylation is 1. The highest BCUT2D eigenvalue weighted by Crippen LogP contribution is 2.18. The van der Waals surface area contributed by atoms with Gasteiger partial charge in [-0.2, -0.15) is 0 Å². The fourth-order valence-corrected chi connectivity index (χ4v) is 1.74. The zero-order valence-corrected chi connectivity index (χ0v) is 12.0. The summed E-state index contributed by atoms with van der Waals surface area (Å²) in [6.45, 7) is 8.29. The van der Waals surface area contributed by atoms with Gasteiger partial charge in [-0.1, -0.05) is 32.9 Å². The Hall–Kier alpha value is -1.02.